The monoisotopic (exact) mass is 170 g/mol. The molecule has 0 aliphatic heterocycles. The van der Waals surface area contributed by atoms with E-state index in [1.165, 1.54) is 4.68 Å². The molecule has 0 saturated carbocycles. The zero-order chi connectivity index (χ0) is 9.14. The van der Waals surface area contributed by atoms with E-state index in [4.69, 9.17) is 0 Å². The number of rotatable bonds is 3. The number of hydrogen-bond donors (Lipinski definition) is 1. The molecule has 0 saturated heterocycles. The van der Waals surface area contributed by atoms with Crippen molar-refractivity contribution < 1.29 is 0 Å². The first-order valence-corrected chi connectivity index (χ1v) is 4.02. The largest absolute Gasteiger partial charge is 0.357 e. The van der Waals surface area contributed by atoms with Gasteiger partial charge in [0.1, 0.15) is 0 Å². The van der Waals surface area contributed by atoms with E-state index in [0.717, 1.165) is 6.42 Å². The van der Waals surface area contributed by atoms with Crippen molar-refractivity contribution in [1.82, 2.24) is 14.3 Å². The van der Waals surface area contributed by atoms with Crippen molar-refractivity contribution in [2.45, 2.75) is 19.9 Å². The molecule has 0 unspecified atom stereocenters. The molecule has 0 fully saturated rings. The average molecular weight is 170 g/mol. The summed E-state index contributed by atoms with van der Waals surface area (Å²) >= 11 is 0. The SMILES string of the molecule is CCCn1c(NC)nn(C)c1=O. The van der Waals surface area contributed by atoms with Gasteiger partial charge in [-0.3, -0.25) is 4.57 Å². The molecule has 1 heterocycles. The summed E-state index contributed by atoms with van der Waals surface area (Å²) < 4.78 is 2.96. The molecule has 0 spiro atoms. The molecule has 0 amide bonds. The fourth-order valence-corrected chi connectivity index (χ4v) is 1.11. The minimum absolute atomic E-state index is 0.0683. The van der Waals surface area contributed by atoms with Crippen LogP contribution in [0.5, 0.6) is 0 Å². The Morgan fingerprint density at radius 3 is 2.75 bits per heavy atom. The predicted molar refractivity (Wildman–Crippen MR) is 47.3 cm³/mol. The Morgan fingerprint density at radius 2 is 2.25 bits per heavy atom. The molecule has 0 aliphatic carbocycles. The van der Waals surface area contributed by atoms with Gasteiger partial charge in [-0.2, -0.15) is 0 Å². The normalized spacial score (nSPS) is 10.2. The van der Waals surface area contributed by atoms with Crippen molar-refractivity contribution in [3.05, 3.63) is 10.5 Å². The van der Waals surface area contributed by atoms with E-state index >= 15 is 0 Å². The molecule has 5 nitrogen and oxygen atoms in total. The third kappa shape index (κ3) is 1.34. The lowest BCUT2D eigenvalue weighted by Crippen LogP contribution is -2.23. The molecule has 0 bridgehead atoms. The number of anilines is 1. The maximum absolute atomic E-state index is 11.4. The third-order valence-electron chi connectivity index (χ3n) is 1.68. The van der Waals surface area contributed by atoms with Crippen LogP contribution in [0.2, 0.25) is 0 Å². The smallest absolute Gasteiger partial charge is 0.347 e. The molecule has 0 radical (unpaired) electrons. The van der Waals surface area contributed by atoms with Crippen molar-refractivity contribution in [3.63, 3.8) is 0 Å². The molecule has 12 heavy (non-hydrogen) atoms. The Bertz CT molecular complexity index is 312. The molecule has 5 heteroatoms. The average Bonchev–Trinajstić information content (AvgIpc) is 2.33. The van der Waals surface area contributed by atoms with Gasteiger partial charge in [0.25, 0.3) is 0 Å². The van der Waals surface area contributed by atoms with E-state index in [9.17, 15) is 4.79 Å². The van der Waals surface area contributed by atoms with Crippen LogP contribution in [0, 0.1) is 0 Å². The first-order valence-electron chi connectivity index (χ1n) is 4.02. The van der Waals surface area contributed by atoms with Crippen LogP contribution in [0.15, 0.2) is 4.79 Å². The van der Waals surface area contributed by atoms with Crippen LogP contribution < -0.4 is 11.0 Å². The third-order valence-corrected chi connectivity index (χ3v) is 1.68. The number of aromatic nitrogens is 3. The van der Waals surface area contributed by atoms with Gasteiger partial charge in [-0.1, -0.05) is 6.92 Å². The van der Waals surface area contributed by atoms with Gasteiger partial charge in [0, 0.05) is 20.6 Å². The summed E-state index contributed by atoms with van der Waals surface area (Å²) in [5.74, 6) is 0.629. The molecule has 0 aliphatic rings. The quantitative estimate of drug-likeness (QED) is 0.696. The van der Waals surface area contributed by atoms with Gasteiger partial charge in [0.15, 0.2) is 0 Å². The Labute approximate surface area is 71.0 Å². The molecule has 1 aromatic rings. The van der Waals surface area contributed by atoms with Crippen LogP contribution in [0.1, 0.15) is 13.3 Å². The van der Waals surface area contributed by atoms with Crippen LogP contribution in [0.3, 0.4) is 0 Å². The summed E-state index contributed by atoms with van der Waals surface area (Å²) in [6.45, 7) is 2.74. The summed E-state index contributed by atoms with van der Waals surface area (Å²) in [6, 6.07) is 0. The first-order chi connectivity index (χ1) is 5.70. The van der Waals surface area contributed by atoms with Crippen LogP contribution >= 0.6 is 0 Å². The maximum Gasteiger partial charge on any atom is 0.347 e. The second-order valence-corrected chi connectivity index (χ2v) is 2.63. The highest BCUT2D eigenvalue weighted by Gasteiger charge is 2.07. The Balaban J connectivity index is 3.12. The predicted octanol–water partition coefficient (Wildman–Crippen LogP) is 0.0335. The van der Waals surface area contributed by atoms with Gasteiger partial charge in [-0.25, -0.2) is 9.48 Å². The number of nitrogens with zero attached hydrogens (tertiary/aromatic N) is 3. The molecule has 0 aromatic carbocycles. The fourth-order valence-electron chi connectivity index (χ4n) is 1.11. The summed E-state index contributed by atoms with van der Waals surface area (Å²) in [7, 11) is 3.41. The number of nitrogens with one attached hydrogen (secondary N) is 1. The minimum atomic E-state index is -0.0683. The molecule has 1 aromatic heterocycles. The van der Waals surface area contributed by atoms with E-state index in [1.54, 1.807) is 18.7 Å². The zero-order valence-corrected chi connectivity index (χ0v) is 7.66. The van der Waals surface area contributed by atoms with Gasteiger partial charge in [0.2, 0.25) is 5.95 Å². The highest BCUT2D eigenvalue weighted by atomic mass is 16.2. The van der Waals surface area contributed by atoms with Crippen LogP contribution in [-0.4, -0.2) is 21.4 Å². The van der Waals surface area contributed by atoms with Crippen molar-refractivity contribution in [3.8, 4) is 0 Å². The van der Waals surface area contributed by atoms with E-state index < -0.39 is 0 Å². The van der Waals surface area contributed by atoms with E-state index in [0.29, 0.717) is 12.5 Å². The summed E-state index contributed by atoms with van der Waals surface area (Å²) in [5, 5.41) is 6.88. The van der Waals surface area contributed by atoms with Crippen LogP contribution in [-0.2, 0) is 13.6 Å². The van der Waals surface area contributed by atoms with E-state index in [1.807, 2.05) is 6.92 Å². The maximum atomic E-state index is 11.4. The molecule has 0 atom stereocenters. The summed E-state index contributed by atoms with van der Waals surface area (Å²) in [6.07, 6.45) is 0.931. The van der Waals surface area contributed by atoms with Gasteiger partial charge in [-0.05, 0) is 6.42 Å². The van der Waals surface area contributed by atoms with E-state index in [2.05, 4.69) is 10.4 Å². The van der Waals surface area contributed by atoms with Gasteiger partial charge in [0.05, 0.1) is 0 Å². The minimum Gasteiger partial charge on any atom is -0.357 e. The molecule has 1 N–H and O–H groups in total. The highest BCUT2D eigenvalue weighted by molar-refractivity contribution is 5.21. The van der Waals surface area contributed by atoms with Gasteiger partial charge >= 0.3 is 5.69 Å². The van der Waals surface area contributed by atoms with Crippen molar-refractivity contribution in [1.29, 1.82) is 0 Å². The Morgan fingerprint density at radius 1 is 1.58 bits per heavy atom. The first kappa shape index (κ1) is 8.83. The molecule has 68 valence electrons. The van der Waals surface area contributed by atoms with Crippen LogP contribution in [0.25, 0.3) is 0 Å². The lowest BCUT2D eigenvalue weighted by molar-refractivity contribution is 0.635. The van der Waals surface area contributed by atoms with Gasteiger partial charge in [-0.15, -0.1) is 5.10 Å². The lowest BCUT2D eigenvalue weighted by atomic mass is 10.5. The second-order valence-electron chi connectivity index (χ2n) is 2.63. The summed E-state index contributed by atoms with van der Waals surface area (Å²) in [5.41, 5.74) is -0.0683. The fraction of sp³-hybridized carbons (Fsp3) is 0.714. The lowest BCUT2D eigenvalue weighted by Gasteiger charge is -2.00. The van der Waals surface area contributed by atoms with Crippen molar-refractivity contribution in [2.24, 2.45) is 7.05 Å². The highest BCUT2D eigenvalue weighted by Crippen LogP contribution is 1.98. The molecule has 1 rings (SSSR count). The van der Waals surface area contributed by atoms with Crippen LogP contribution in [0.4, 0.5) is 5.95 Å². The van der Waals surface area contributed by atoms with Crippen molar-refractivity contribution in [2.75, 3.05) is 12.4 Å². The Hall–Kier alpha value is -1.26. The van der Waals surface area contributed by atoms with Gasteiger partial charge < -0.3 is 5.32 Å². The molecular formula is C7H14N4O. The molecular weight excluding hydrogens is 156 g/mol. The van der Waals surface area contributed by atoms with Crippen molar-refractivity contribution >= 4 is 5.95 Å². The van der Waals surface area contributed by atoms with E-state index in [-0.39, 0.29) is 5.69 Å². The Kier molecular flexibility index (Phi) is 2.52. The topological polar surface area (TPSA) is 51.9 Å². The second kappa shape index (κ2) is 3.42. The number of aryl methyl sites for hydroxylation is 1. The zero-order valence-electron chi connectivity index (χ0n) is 7.66. The number of hydrogen-bond acceptors (Lipinski definition) is 3. The standard InChI is InChI=1S/C7H14N4O/c1-4-5-11-6(8-2)9-10(3)7(11)12/h4-5H2,1-3H3,(H,8,9). The summed E-state index contributed by atoms with van der Waals surface area (Å²) in [4.78, 5) is 11.4.